The van der Waals surface area contributed by atoms with Gasteiger partial charge in [-0.3, -0.25) is 9.59 Å². The molecular formula is C37H56N4O7. The summed E-state index contributed by atoms with van der Waals surface area (Å²) in [7, 11) is 0. The molecule has 3 N–H and O–H groups in total. The van der Waals surface area contributed by atoms with Crippen molar-refractivity contribution in [2.24, 2.45) is 11.8 Å². The molecule has 0 heterocycles. The average Bonchev–Trinajstić information content (AvgIpc) is 2.97. The Morgan fingerprint density at radius 2 is 1.48 bits per heavy atom. The standard InChI is InChI=1S/C37H56N4O7/c1-10-28(21-34(43)47-24-46-33(42)12-11-19-38-36(45)48-37(7,8)9)29-15-18-32(41(22-25(2)3)23-26(4)5)31(20-29)40-35(44)39-30-16-13-27(6)14-17-30/h13-18,20,25-26,28H,10-12,19,21-24H2,1-9H3,(H,38,45)(H2,39,40,44)/t28-/m0/s1. The van der Waals surface area contributed by atoms with Gasteiger partial charge in [0.05, 0.1) is 17.8 Å². The first-order chi connectivity index (χ1) is 22.6. The molecule has 0 aliphatic carbocycles. The van der Waals surface area contributed by atoms with E-state index in [1.165, 1.54) is 0 Å². The van der Waals surface area contributed by atoms with E-state index < -0.39 is 30.4 Å². The Bertz CT molecular complexity index is 1330. The number of urea groups is 1. The number of anilines is 3. The largest absolute Gasteiger partial charge is 0.444 e. The van der Waals surface area contributed by atoms with Gasteiger partial charge in [-0.25, -0.2) is 9.59 Å². The summed E-state index contributed by atoms with van der Waals surface area (Å²) in [6.45, 7) is 19.3. The van der Waals surface area contributed by atoms with Crippen LogP contribution in [-0.2, 0) is 23.8 Å². The predicted octanol–water partition coefficient (Wildman–Crippen LogP) is 7.99. The van der Waals surface area contributed by atoms with Crippen molar-refractivity contribution in [3.8, 4) is 0 Å². The maximum absolute atomic E-state index is 13.2. The lowest BCUT2D eigenvalue weighted by molar-refractivity contribution is -0.167. The Labute approximate surface area is 286 Å². The lowest BCUT2D eigenvalue weighted by Gasteiger charge is -2.31. The normalized spacial score (nSPS) is 11.9. The Balaban J connectivity index is 2.06. The molecule has 266 valence electrons. The maximum atomic E-state index is 13.2. The molecule has 0 saturated carbocycles. The maximum Gasteiger partial charge on any atom is 0.407 e. The highest BCUT2D eigenvalue weighted by Gasteiger charge is 2.21. The van der Waals surface area contributed by atoms with Gasteiger partial charge in [0.2, 0.25) is 6.79 Å². The van der Waals surface area contributed by atoms with Crippen molar-refractivity contribution in [2.45, 2.75) is 99.5 Å². The summed E-state index contributed by atoms with van der Waals surface area (Å²) in [5.74, 6) is -0.426. The zero-order valence-corrected chi connectivity index (χ0v) is 30.2. The van der Waals surface area contributed by atoms with E-state index in [-0.39, 0.29) is 31.3 Å². The van der Waals surface area contributed by atoms with E-state index in [1.807, 2.05) is 56.3 Å². The molecule has 0 spiro atoms. The highest BCUT2D eigenvalue weighted by molar-refractivity contribution is 6.02. The monoisotopic (exact) mass is 668 g/mol. The summed E-state index contributed by atoms with van der Waals surface area (Å²) in [5.41, 5.74) is 3.62. The van der Waals surface area contributed by atoms with E-state index in [1.54, 1.807) is 20.8 Å². The van der Waals surface area contributed by atoms with Crippen molar-refractivity contribution in [3.63, 3.8) is 0 Å². The zero-order valence-electron chi connectivity index (χ0n) is 30.2. The van der Waals surface area contributed by atoms with Gasteiger partial charge >= 0.3 is 24.1 Å². The number of hydrogen-bond donors (Lipinski definition) is 3. The molecule has 11 nitrogen and oxygen atoms in total. The number of benzene rings is 2. The van der Waals surface area contributed by atoms with Crippen LogP contribution in [0.4, 0.5) is 26.7 Å². The van der Waals surface area contributed by atoms with Crippen LogP contribution in [0.25, 0.3) is 0 Å². The fraction of sp³-hybridized carbons (Fsp3) is 0.568. The predicted molar refractivity (Wildman–Crippen MR) is 190 cm³/mol. The second-order valence-corrected chi connectivity index (χ2v) is 13.9. The van der Waals surface area contributed by atoms with E-state index in [2.05, 4.69) is 48.5 Å². The molecule has 2 aromatic carbocycles. The highest BCUT2D eigenvalue weighted by atomic mass is 16.7. The first-order valence-electron chi connectivity index (χ1n) is 16.9. The summed E-state index contributed by atoms with van der Waals surface area (Å²) in [5, 5.41) is 8.56. The fourth-order valence-electron chi connectivity index (χ4n) is 4.99. The summed E-state index contributed by atoms with van der Waals surface area (Å²) in [6, 6.07) is 13.2. The molecule has 3 amide bonds. The molecule has 0 bridgehead atoms. The molecule has 2 aromatic rings. The molecule has 11 heteroatoms. The van der Waals surface area contributed by atoms with Crippen molar-refractivity contribution < 1.29 is 33.4 Å². The molecule has 0 unspecified atom stereocenters. The minimum Gasteiger partial charge on any atom is -0.444 e. The SMILES string of the molecule is CC[C@@H](CC(=O)OCOC(=O)CCCNC(=O)OC(C)(C)C)c1ccc(N(CC(C)C)CC(C)C)c(NC(=O)Nc2ccc(C)cc2)c1. The van der Waals surface area contributed by atoms with E-state index in [4.69, 9.17) is 14.2 Å². The molecule has 0 aliphatic heterocycles. The van der Waals surface area contributed by atoms with E-state index in [0.29, 0.717) is 36.1 Å². The first-order valence-corrected chi connectivity index (χ1v) is 16.9. The van der Waals surface area contributed by atoms with E-state index in [0.717, 1.165) is 29.9 Å². The Hall–Kier alpha value is -4.28. The van der Waals surface area contributed by atoms with Crippen LogP contribution < -0.4 is 20.9 Å². The number of carbonyl (C=O) groups is 4. The van der Waals surface area contributed by atoms with Gasteiger partial charge in [-0.05, 0) is 88.1 Å². The van der Waals surface area contributed by atoms with Crippen LogP contribution in [0.15, 0.2) is 42.5 Å². The molecule has 0 aliphatic rings. The summed E-state index contributed by atoms with van der Waals surface area (Å²) < 4.78 is 15.4. The zero-order chi connectivity index (χ0) is 35.9. The lowest BCUT2D eigenvalue weighted by atomic mass is 9.92. The van der Waals surface area contributed by atoms with Crippen LogP contribution in [0.5, 0.6) is 0 Å². The van der Waals surface area contributed by atoms with E-state index >= 15 is 0 Å². The smallest absolute Gasteiger partial charge is 0.407 e. The third kappa shape index (κ3) is 15.5. The number of rotatable bonds is 17. The third-order valence-corrected chi connectivity index (χ3v) is 7.13. The van der Waals surface area contributed by atoms with Crippen LogP contribution in [0.1, 0.15) is 98.1 Å². The van der Waals surface area contributed by atoms with E-state index in [9.17, 15) is 19.2 Å². The fourth-order valence-corrected chi connectivity index (χ4v) is 4.99. The van der Waals surface area contributed by atoms with Gasteiger partial charge in [0.1, 0.15) is 5.60 Å². The molecule has 0 radical (unpaired) electrons. The van der Waals surface area contributed by atoms with Gasteiger partial charge in [-0.1, -0.05) is 58.4 Å². The van der Waals surface area contributed by atoms with Crippen LogP contribution in [0, 0.1) is 18.8 Å². The highest BCUT2D eigenvalue weighted by Crippen LogP contribution is 2.34. The van der Waals surface area contributed by atoms with Gasteiger partial charge < -0.3 is 35.1 Å². The Morgan fingerprint density at radius 3 is 2.06 bits per heavy atom. The quantitative estimate of drug-likeness (QED) is 0.0877. The molecule has 0 saturated heterocycles. The number of esters is 2. The molecule has 48 heavy (non-hydrogen) atoms. The van der Waals surface area contributed by atoms with Gasteiger partial charge in [0, 0.05) is 31.7 Å². The topological polar surface area (TPSA) is 135 Å². The molecular weight excluding hydrogens is 612 g/mol. The van der Waals surface area contributed by atoms with Gasteiger partial charge in [-0.15, -0.1) is 0 Å². The summed E-state index contributed by atoms with van der Waals surface area (Å²) in [4.78, 5) is 52.0. The van der Waals surface area contributed by atoms with Gasteiger partial charge in [0.15, 0.2) is 0 Å². The van der Waals surface area contributed by atoms with Crippen molar-refractivity contribution in [1.29, 1.82) is 0 Å². The molecule has 1 atom stereocenters. The number of hydrogen-bond acceptors (Lipinski definition) is 8. The van der Waals surface area contributed by atoms with Gasteiger partial charge in [-0.2, -0.15) is 0 Å². The second-order valence-electron chi connectivity index (χ2n) is 13.9. The molecule has 0 aromatic heterocycles. The van der Waals surface area contributed by atoms with Crippen molar-refractivity contribution >= 4 is 41.1 Å². The summed E-state index contributed by atoms with van der Waals surface area (Å²) >= 11 is 0. The molecule has 0 fully saturated rings. The van der Waals surface area contributed by atoms with Crippen LogP contribution in [-0.4, -0.2) is 56.1 Å². The number of carbonyl (C=O) groups excluding carboxylic acids is 4. The summed E-state index contributed by atoms with van der Waals surface area (Å²) in [6.07, 6.45) is 0.571. The van der Waals surface area contributed by atoms with Crippen LogP contribution >= 0.6 is 0 Å². The van der Waals surface area contributed by atoms with Crippen LogP contribution in [0.3, 0.4) is 0 Å². The third-order valence-electron chi connectivity index (χ3n) is 7.13. The second kappa shape index (κ2) is 19.5. The first kappa shape index (κ1) is 39.9. The Morgan fingerprint density at radius 1 is 0.854 bits per heavy atom. The Kier molecular flexibility index (Phi) is 16.2. The van der Waals surface area contributed by atoms with Crippen molar-refractivity contribution in [2.75, 3.05) is 42.0 Å². The van der Waals surface area contributed by atoms with Crippen molar-refractivity contribution in [1.82, 2.24) is 5.32 Å². The lowest BCUT2D eigenvalue weighted by Crippen LogP contribution is -2.33. The molecule has 2 rings (SSSR count). The van der Waals surface area contributed by atoms with Crippen molar-refractivity contribution in [3.05, 3.63) is 53.6 Å². The number of ether oxygens (including phenoxy) is 3. The number of amides is 3. The number of alkyl carbamates (subject to hydrolysis) is 1. The van der Waals surface area contributed by atoms with Crippen LogP contribution in [0.2, 0.25) is 0 Å². The number of nitrogens with zero attached hydrogens (tertiary/aromatic N) is 1. The number of aryl methyl sites for hydroxylation is 1. The average molecular weight is 669 g/mol. The van der Waals surface area contributed by atoms with Gasteiger partial charge in [0.25, 0.3) is 0 Å². The minimum atomic E-state index is -0.604. The number of nitrogens with one attached hydrogen (secondary N) is 3. The minimum absolute atomic E-state index is 0.0508.